The molecule has 27 heavy (non-hydrogen) atoms. The van der Waals surface area contributed by atoms with E-state index in [0.717, 1.165) is 16.9 Å². The van der Waals surface area contributed by atoms with Crippen molar-refractivity contribution < 1.29 is 4.79 Å². The molecule has 0 aliphatic carbocycles. The maximum absolute atomic E-state index is 12.6. The molecule has 0 saturated carbocycles. The van der Waals surface area contributed by atoms with Crippen molar-refractivity contribution in [1.82, 2.24) is 34.9 Å². The van der Waals surface area contributed by atoms with Gasteiger partial charge in [0.05, 0.1) is 17.9 Å². The van der Waals surface area contributed by atoms with Crippen LogP contribution in [0.4, 0.5) is 0 Å². The minimum Gasteiger partial charge on any atom is -0.343 e. The van der Waals surface area contributed by atoms with Crippen molar-refractivity contribution in [3.63, 3.8) is 0 Å². The molecular formula is C19H19N7O. The van der Waals surface area contributed by atoms with Crippen LogP contribution in [-0.2, 0) is 6.54 Å². The Hall–Kier alpha value is -3.55. The average molecular weight is 361 g/mol. The van der Waals surface area contributed by atoms with Crippen LogP contribution < -0.4 is 5.32 Å². The maximum Gasteiger partial charge on any atom is 0.274 e. The molecule has 3 heterocycles. The lowest BCUT2D eigenvalue weighted by Crippen LogP contribution is -2.25. The molecule has 0 fully saturated rings. The van der Waals surface area contributed by atoms with Crippen molar-refractivity contribution in [2.24, 2.45) is 0 Å². The normalized spacial score (nSPS) is 11.1. The smallest absolute Gasteiger partial charge is 0.274 e. The van der Waals surface area contributed by atoms with Crippen molar-refractivity contribution in [3.05, 3.63) is 70.9 Å². The highest BCUT2D eigenvalue weighted by Crippen LogP contribution is 2.15. The summed E-state index contributed by atoms with van der Waals surface area (Å²) < 4.78 is 1.83. The van der Waals surface area contributed by atoms with Gasteiger partial charge < -0.3 is 5.32 Å². The predicted molar refractivity (Wildman–Crippen MR) is 99.7 cm³/mol. The van der Waals surface area contributed by atoms with E-state index in [2.05, 4.69) is 31.8 Å². The SMILES string of the molecule is Cc1ccc(-n2nc(C)c(C(=O)NCc3nnc4ccccn34)n2)c(C)c1. The van der Waals surface area contributed by atoms with Gasteiger partial charge in [0.2, 0.25) is 0 Å². The van der Waals surface area contributed by atoms with Crippen LogP contribution in [0.15, 0.2) is 42.6 Å². The molecule has 0 bridgehead atoms. The molecule has 0 aliphatic rings. The second-order valence-corrected chi connectivity index (χ2v) is 6.44. The highest BCUT2D eigenvalue weighted by Gasteiger charge is 2.17. The minimum absolute atomic E-state index is 0.250. The molecular weight excluding hydrogens is 342 g/mol. The first kappa shape index (κ1) is 16.9. The van der Waals surface area contributed by atoms with E-state index < -0.39 is 0 Å². The van der Waals surface area contributed by atoms with Gasteiger partial charge in [0.25, 0.3) is 5.91 Å². The Balaban J connectivity index is 1.55. The summed E-state index contributed by atoms with van der Waals surface area (Å²) in [5.74, 6) is 0.356. The summed E-state index contributed by atoms with van der Waals surface area (Å²) in [6.45, 7) is 6.05. The Bertz CT molecular complexity index is 1140. The van der Waals surface area contributed by atoms with Crippen molar-refractivity contribution in [2.45, 2.75) is 27.3 Å². The highest BCUT2D eigenvalue weighted by molar-refractivity contribution is 5.93. The van der Waals surface area contributed by atoms with Gasteiger partial charge >= 0.3 is 0 Å². The van der Waals surface area contributed by atoms with Crippen molar-refractivity contribution in [1.29, 1.82) is 0 Å². The molecule has 0 aliphatic heterocycles. The molecule has 4 rings (SSSR count). The van der Waals surface area contributed by atoms with Gasteiger partial charge in [-0.25, -0.2) is 0 Å². The topological polar surface area (TPSA) is 90.0 Å². The molecule has 4 aromatic rings. The van der Waals surface area contributed by atoms with Crippen molar-refractivity contribution in [3.8, 4) is 5.69 Å². The van der Waals surface area contributed by atoms with Crippen LogP contribution in [0.5, 0.6) is 0 Å². The van der Waals surface area contributed by atoms with Crippen molar-refractivity contribution >= 4 is 11.6 Å². The molecule has 1 N–H and O–H groups in total. The third-order valence-corrected chi connectivity index (χ3v) is 4.36. The molecule has 1 amide bonds. The fourth-order valence-electron chi connectivity index (χ4n) is 2.98. The number of carbonyl (C=O) groups excluding carboxylic acids is 1. The quantitative estimate of drug-likeness (QED) is 0.602. The Morgan fingerprint density at radius 3 is 2.74 bits per heavy atom. The highest BCUT2D eigenvalue weighted by atomic mass is 16.2. The first-order chi connectivity index (χ1) is 13.0. The Labute approximate surface area is 155 Å². The molecule has 8 nitrogen and oxygen atoms in total. The monoisotopic (exact) mass is 361 g/mol. The van der Waals surface area contributed by atoms with Gasteiger partial charge in [-0.05, 0) is 44.5 Å². The van der Waals surface area contributed by atoms with Crippen LogP contribution >= 0.6 is 0 Å². The van der Waals surface area contributed by atoms with Gasteiger partial charge in [-0.1, -0.05) is 23.8 Å². The summed E-state index contributed by atoms with van der Waals surface area (Å²) in [7, 11) is 0. The lowest BCUT2D eigenvalue weighted by atomic mass is 10.1. The number of nitrogens with zero attached hydrogens (tertiary/aromatic N) is 6. The van der Waals surface area contributed by atoms with Gasteiger partial charge in [0.15, 0.2) is 17.2 Å². The first-order valence-electron chi connectivity index (χ1n) is 8.61. The van der Waals surface area contributed by atoms with E-state index in [-0.39, 0.29) is 12.5 Å². The zero-order chi connectivity index (χ0) is 19.0. The first-order valence-corrected chi connectivity index (χ1v) is 8.61. The predicted octanol–water partition coefficient (Wildman–Crippen LogP) is 2.17. The van der Waals surface area contributed by atoms with E-state index in [1.54, 1.807) is 6.92 Å². The third kappa shape index (κ3) is 3.17. The largest absolute Gasteiger partial charge is 0.343 e. The summed E-state index contributed by atoms with van der Waals surface area (Å²) in [5.41, 5.74) is 4.66. The molecule has 1 aromatic carbocycles. The molecule has 8 heteroatoms. The second-order valence-electron chi connectivity index (χ2n) is 6.44. The standard InChI is InChI=1S/C19H19N7O/c1-12-7-8-15(13(2)10-12)26-23-14(3)18(24-26)19(27)20-11-17-22-21-16-6-4-5-9-25(16)17/h4-10H,11H2,1-3H3,(H,20,27). The number of rotatable bonds is 4. The van der Waals surface area contributed by atoms with Crippen LogP contribution in [0, 0.1) is 20.8 Å². The molecule has 0 saturated heterocycles. The number of hydrogen-bond acceptors (Lipinski definition) is 5. The van der Waals surface area contributed by atoms with E-state index in [0.29, 0.717) is 17.2 Å². The molecule has 0 spiro atoms. The summed E-state index contributed by atoms with van der Waals surface area (Å²) in [4.78, 5) is 14.1. The maximum atomic E-state index is 12.6. The molecule has 0 unspecified atom stereocenters. The van der Waals surface area contributed by atoms with Gasteiger partial charge in [-0.2, -0.15) is 9.90 Å². The molecule has 0 atom stereocenters. The Kier molecular flexibility index (Phi) is 4.15. The van der Waals surface area contributed by atoms with Gasteiger partial charge in [0, 0.05) is 6.20 Å². The van der Waals surface area contributed by atoms with E-state index in [9.17, 15) is 4.79 Å². The van der Waals surface area contributed by atoms with Crippen LogP contribution in [0.25, 0.3) is 11.3 Å². The van der Waals surface area contributed by atoms with Crippen LogP contribution in [0.2, 0.25) is 0 Å². The number of pyridine rings is 1. The summed E-state index contributed by atoms with van der Waals surface area (Å²) in [5, 5.41) is 19.8. The second kappa shape index (κ2) is 6.64. The number of nitrogens with one attached hydrogen (secondary N) is 1. The average Bonchev–Trinajstić information content (AvgIpc) is 3.23. The number of benzene rings is 1. The van der Waals surface area contributed by atoms with Gasteiger partial charge in [-0.15, -0.1) is 15.3 Å². The third-order valence-electron chi connectivity index (χ3n) is 4.36. The number of fused-ring (bicyclic) bond motifs is 1. The van der Waals surface area contributed by atoms with E-state index >= 15 is 0 Å². The molecule has 3 aromatic heterocycles. The van der Waals surface area contributed by atoms with Crippen molar-refractivity contribution in [2.75, 3.05) is 0 Å². The number of carbonyl (C=O) groups is 1. The summed E-state index contributed by atoms with van der Waals surface area (Å²) in [6, 6.07) is 11.6. The van der Waals surface area contributed by atoms with Crippen LogP contribution in [-0.4, -0.2) is 35.5 Å². The number of amides is 1. The summed E-state index contributed by atoms with van der Waals surface area (Å²) >= 11 is 0. The van der Waals surface area contributed by atoms with E-state index in [1.807, 2.05) is 54.8 Å². The number of aromatic nitrogens is 6. The zero-order valence-electron chi connectivity index (χ0n) is 15.3. The van der Waals surface area contributed by atoms with E-state index in [4.69, 9.17) is 0 Å². The molecule has 0 radical (unpaired) electrons. The minimum atomic E-state index is -0.295. The fourth-order valence-corrected chi connectivity index (χ4v) is 2.98. The molecule has 136 valence electrons. The zero-order valence-corrected chi connectivity index (χ0v) is 15.3. The van der Waals surface area contributed by atoms with Gasteiger partial charge in [-0.3, -0.25) is 9.20 Å². The number of hydrogen-bond donors (Lipinski definition) is 1. The number of aryl methyl sites for hydroxylation is 3. The van der Waals surface area contributed by atoms with Crippen LogP contribution in [0.1, 0.15) is 33.1 Å². The fraction of sp³-hybridized carbons (Fsp3) is 0.211. The Morgan fingerprint density at radius 2 is 1.93 bits per heavy atom. The summed E-state index contributed by atoms with van der Waals surface area (Å²) in [6.07, 6.45) is 1.86. The van der Waals surface area contributed by atoms with E-state index in [1.165, 1.54) is 10.4 Å². The lowest BCUT2D eigenvalue weighted by Gasteiger charge is -2.05. The van der Waals surface area contributed by atoms with Crippen LogP contribution in [0.3, 0.4) is 0 Å². The Morgan fingerprint density at radius 1 is 1.07 bits per heavy atom. The lowest BCUT2D eigenvalue weighted by molar-refractivity contribution is 0.0943. The van der Waals surface area contributed by atoms with Gasteiger partial charge in [0.1, 0.15) is 0 Å².